The van der Waals surface area contributed by atoms with Crippen molar-refractivity contribution < 1.29 is 9.59 Å². The average molecular weight is 292 g/mol. The normalized spacial score (nSPS) is 19.6. The highest BCUT2D eigenvalue weighted by atomic mass is 35.5. The van der Waals surface area contributed by atoms with Crippen molar-refractivity contribution in [3.05, 3.63) is 0 Å². The molecule has 5 nitrogen and oxygen atoms in total. The lowest BCUT2D eigenvalue weighted by atomic mass is 9.97. The molecule has 2 N–H and O–H groups in total. The molecule has 0 aromatic heterocycles. The fourth-order valence-corrected chi connectivity index (χ4v) is 2.60. The molecule has 1 saturated heterocycles. The smallest absolute Gasteiger partial charge is 0.239 e. The quantitative estimate of drug-likeness (QED) is 0.844. The zero-order valence-corrected chi connectivity index (χ0v) is 13.1. The van der Waals surface area contributed by atoms with Gasteiger partial charge in [0.15, 0.2) is 0 Å². The van der Waals surface area contributed by atoms with Gasteiger partial charge in [-0.3, -0.25) is 9.59 Å². The van der Waals surface area contributed by atoms with Crippen molar-refractivity contribution in [1.82, 2.24) is 9.80 Å². The van der Waals surface area contributed by atoms with Crippen molar-refractivity contribution in [3.63, 3.8) is 0 Å². The Hall–Kier alpha value is -0.810. The first-order chi connectivity index (χ1) is 8.29. The van der Waals surface area contributed by atoms with Gasteiger partial charge in [0.1, 0.15) is 0 Å². The van der Waals surface area contributed by atoms with Gasteiger partial charge in [-0.2, -0.15) is 0 Å². The van der Waals surface area contributed by atoms with E-state index in [-0.39, 0.29) is 29.8 Å². The molecule has 1 heterocycles. The second-order valence-electron chi connectivity index (χ2n) is 5.64. The largest absolute Gasteiger partial charge is 0.337 e. The summed E-state index contributed by atoms with van der Waals surface area (Å²) in [5.74, 6) is 0.0677. The molecule has 0 aromatic rings. The summed E-state index contributed by atoms with van der Waals surface area (Å²) >= 11 is 0. The molecule has 1 unspecified atom stereocenters. The van der Waals surface area contributed by atoms with Crippen molar-refractivity contribution in [2.24, 2.45) is 5.73 Å². The Kier molecular flexibility index (Phi) is 6.80. The Bertz CT molecular complexity index is 334. The van der Waals surface area contributed by atoms with Crippen LogP contribution in [0.25, 0.3) is 0 Å². The second kappa shape index (κ2) is 7.10. The van der Waals surface area contributed by atoms with E-state index < -0.39 is 6.04 Å². The molecule has 1 fully saturated rings. The lowest BCUT2D eigenvalue weighted by molar-refractivity contribution is -0.146. The lowest BCUT2D eigenvalue weighted by Crippen LogP contribution is -2.63. The highest BCUT2D eigenvalue weighted by Crippen LogP contribution is 2.21. The van der Waals surface area contributed by atoms with Crippen LogP contribution in [-0.4, -0.2) is 52.8 Å². The van der Waals surface area contributed by atoms with Gasteiger partial charge in [-0.05, 0) is 20.3 Å². The zero-order chi connectivity index (χ0) is 13.9. The minimum absolute atomic E-state index is 0. The van der Waals surface area contributed by atoms with Gasteiger partial charge in [0.2, 0.25) is 11.8 Å². The van der Waals surface area contributed by atoms with Gasteiger partial charge in [-0.25, -0.2) is 0 Å². The van der Waals surface area contributed by atoms with Crippen molar-refractivity contribution >= 4 is 24.2 Å². The van der Waals surface area contributed by atoms with Gasteiger partial charge >= 0.3 is 0 Å². The van der Waals surface area contributed by atoms with E-state index in [1.54, 1.807) is 11.8 Å². The summed E-state index contributed by atoms with van der Waals surface area (Å²) in [6.07, 6.45) is 1.62. The summed E-state index contributed by atoms with van der Waals surface area (Å²) in [5, 5.41) is 0. The molecular weight excluding hydrogens is 266 g/mol. The third-order valence-electron chi connectivity index (χ3n) is 3.51. The molecule has 1 atom stereocenters. The molecule has 2 amide bonds. The number of carbonyl (C=O) groups excluding carboxylic acids is 2. The van der Waals surface area contributed by atoms with Gasteiger partial charge in [-0.1, -0.05) is 13.3 Å². The van der Waals surface area contributed by atoms with E-state index in [0.29, 0.717) is 26.1 Å². The molecule has 112 valence electrons. The van der Waals surface area contributed by atoms with E-state index in [0.717, 1.165) is 6.42 Å². The SMILES string of the molecule is CCCC(N)C(=O)N1CCN(C(C)=O)C(C)(C)C1.Cl. The van der Waals surface area contributed by atoms with Crippen LogP contribution in [0, 0.1) is 0 Å². The molecule has 19 heavy (non-hydrogen) atoms. The van der Waals surface area contributed by atoms with Crippen LogP contribution in [0.3, 0.4) is 0 Å². The molecule has 0 radical (unpaired) electrons. The highest BCUT2D eigenvalue weighted by molar-refractivity contribution is 5.85. The number of hydrogen-bond acceptors (Lipinski definition) is 3. The van der Waals surface area contributed by atoms with Gasteiger partial charge in [0.25, 0.3) is 0 Å². The van der Waals surface area contributed by atoms with Crippen molar-refractivity contribution in [2.75, 3.05) is 19.6 Å². The topological polar surface area (TPSA) is 66.6 Å². The van der Waals surface area contributed by atoms with Crippen LogP contribution in [0.4, 0.5) is 0 Å². The van der Waals surface area contributed by atoms with Gasteiger partial charge in [-0.15, -0.1) is 12.4 Å². The van der Waals surface area contributed by atoms with Crippen LogP contribution in [0.5, 0.6) is 0 Å². The Balaban J connectivity index is 0.00000324. The third-order valence-corrected chi connectivity index (χ3v) is 3.51. The van der Waals surface area contributed by atoms with E-state index in [1.165, 1.54) is 0 Å². The van der Waals surface area contributed by atoms with E-state index in [9.17, 15) is 9.59 Å². The molecule has 0 aliphatic carbocycles. The first-order valence-electron chi connectivity index (χ1n) is 6.62. The number of hydrogen-bond donors (Lipinski definition) is 1. The van der Waals surface area contributed by atoms with Gasteiger partial charge in [0, 0.05) is 26.6 Å². The number of amides is 2. The van der Waals surface area contributed by atoms with Crippen molar-refractivity contribution in [1.29, 1.82) is 0 Å². The fourth-order valence-electron chi connectivity index (χ4n) is 2.60. The summed E-state index contributed by atoms with van der Waals surface area (Å²) in [7, 11) is 0. The van der Waals surface area contributed by atoms with Gasteiger partial charge in [0.05, 0.1) is 11.6 Å². The lowest BCUT2D eigenvalue weighted by Gasteiger charge is -2.47. The molecule has 0 aromatic carbocycles. The monoisotopic (exact) mass is 291 g/mol. The van der Waals surface area contributed by atoms with Crippen molar-refractivity contribution in [2.45, 2.75) is 52.1 Å². The van der Waals surface area contributed by atoms with Crippen LogP contribution >= 0.6 is 12.4 Å². The number of nitrogens with zero attached hydrogens (tertiary/aromatic N) is 2. The summed E-state index contributed by atoms with van der Waals surface area (Å²) in [6, 6.07) is -0.408. The summed E-state index contributed by atoms with van der Waals surface area (Å²) in [5.41, 5.74) is 5.56. The first kappa shape index (κ1) is 18.2. The minimum Gasteiger partial charge on any atom is -0.337 e. The zero-order valence-electron chi connectivity index (χ0n) is 12.3. The molecule has 1 aliphatic heterocycles. The van der Waals surface area contributed by atoms with Crippen LogP contribution < -0.4 is 5.73 Å². The molecule has 1 aliphatic rings. The summed E-state index contributed by atoms with van der Waals surface area (Å²) in [4.78, 5) is 27.3. The maximum Gasteiger partial charge on any atom is 0.239 e. The van der Waals surface area contributed by atoms with Crippen molar-refractivity contribution in [3.8, 4) is 0 Å². The summed E-state index contributed by atoms with van der Waals surface area (Å²) in [6.45, 7) is 9.29. The maximum absolute atomic E-state index is 12.1. The average Bonchev–Trinajstić information content (AvgIpc) is 2.26. The van der Waals surface area contributed by atoms with Crippen LogP contribution in [0.2, 0.25) is 0 Å². The minimum atomic E-state index is -0.408. The summed E-state index contributed by atoms with van der Waals surface area (Å²) < 4.78 is 0. The maximum atomic E-state index is 12.1. The van der Waals surface area contributed by atoms with Crippen LogP contribution in [-0.2, 0) is 9.59 Å². The fraction of sp³-hybridized carbons (Fsp3) is 0.846. The molecule has 0 spiro atoms. The molecule has 0 saturated carbocycles. The van der Waals surface area contributed by atoms with Crippen LogP contribution in [0.15, 0.2) is 0 Å². The predicted octanol–water partition coefficient (Wildman–Crippen LogP) is 1.00. The van der Waals surface area contributed by atoms with E-state index in [1.807, 2.05) is 25.7 Å². The first-order valence-corrected chi connectivity index (χ1v) is 6.62. The van der Waals surface area contributed by atoms with E-state index in [2.05, 4.69) is 0 Å². The second-order valence-corrected chi connectivity index (χ2v) is 5.64. The van der Waals surface area contributed by atoms with Crippen LogP contribution in [0.1, 0.15) is 40.5 Å². The Morgan fingerprint density at radius 2 is 1.89 bits per heavy atom. The Labute approximate surface area is 121 Å². The standard InChI is InChI=1S/C13H25N3O2.ClH/c1-5-6-11(14)12(18)15-7-8-16(10(2)17)13(3,4)9-15;/h11H,5-9,14H2,1-4H3;1H. The molecule has 0 bridgehead atoms. The van der Waals surface area contributed by atoms with E-state index in [4.69, 9.17) is 5.73 Å². The van der Waals surface area contributed by atoms with E-state index >= 15 is 0 Å². The molecule has 1 rings (SSSR count). The number of piperazine rings is 1. The Morgan fingerprint density at radius 3 is 2.32 bits per heavy atom. The number of rotatable bonds is 3. The van der Waals surface area contributed by atoms with Gasteiger partial charge < -0.3 is 15.5 Å². The number of halogens is 1. The number of carbonyl (C=O) groups is 2. The third kappa shape index (κ3) is 4.35. The molecule has 6 heteroatoms. The molecular formula is C13H26ClN3O2. The number of nitrogens with two attached hydrogens (primary N) is 1. The Morgan fingerprint density at radius 1 is 1.32 bits per heavy atom. The predicted molar refractivity (Wildman–Crippen MR) is 78.2 cm³/mol. The highest BCUT2D eigenvalue weighted by Gasteiger charge is 2.37.